The summed E-state index contributed by atoms with van der Waals surface area (Å²) in [6.45, 7) is 3.64. The Balaban J connectivity index is 1.31. The SMILES string of the molecule is Cc1ccc2c(nc3s/c(=C/c4ccc(OCC(=O)Nc5cccc(F)c5F)cc4)c(=O)n32)c1C. The van der Waals surface area contributed by atoms with Crippen molar-refractivity contribution >= 4 is 45.0 Å². The van der Waals surface area contributed by atoms with E-state index in [0.29, 0.717) is 15.2 Å². The zero-order chi connectivity index (χ0) is 24.7. The molecule has 2 aromatic heterocycles. The number of carbonyl (C=O) groups is 1. The quantitative estimate of drug-likeness (QED) is 0.396. The summed E-state index contributed by atoms with van der Waals surface area (Å²) in [4.78, 5) is 30.3. The van der Waals surface area contributed by atoms with Crippen LogP contribution < -0.4 is 20.1 Å². The van der Waals surface area contributed by atoms with Crippen molar-refractivity contribution in [1.29, 1.82) is 0 Å². The average Bonchev–Trinajstić information content (AvgIpc) is 3.35. The van der Waals surface area contributed by atoms with Crippen molar-refractivity contribution in [3.8, 4) is 5.75 Å². The van der Waals surface area contributed by atoms with E-state index in [2.05, 4.69) is 10.3 Å². The number of benzene rings is 3. The number of fused-ring (bicyclic) bond motifs is 3. The summed E-state index contributed by atoms with van der Waals surface area (Å²) >= 11 is 1.32. The highest BCUT2D eigenvalue weighted by molar-refractivity contribution is 7.15. The largest absolute Gasteiger partial charge is 0.484 e. The smallest absolute Gasteiger partial charge is 0.274 e. The second kappa shape index (κ2) is 8.92. The third kappa shape index (κ3) is 4.26. The zero-order valence-corrected chi connectivity index (χ0v) is 19.6. The number of halogens is 2. The Morgan fingerprint density at radius 1 is 1.11 bits per heavy atom. The van der Waals surface area contributed by atoms with Gasteiger partial charge in [-0.1, -0.05) is 35.6 Å². The van der Waals surface area contributed by atoms with Gasteiger partial charge in [-0.2, -0.15) is 0 Å². The van der Waals surface area contributed by atoms with Crippen LogP contribution in [0.3, 0.4) is 0 Å². The lowest BCUT2D eigenvalue weighted by Gasteiger charge is -2.08. The molecule has 176 valence electrons. The van der Waals surface area contributed by atoms with Gasteiger partial charge in [0, 0.05) is 0 Å². The molecule has 5 aromatic rings. The molecule has 1 amide bonds. The summed E-state index contributed by atoms with van der Waals surface area (Å²) in [5.41, 5.74) is 4.23. The monoisotopic (exact) mass is 491 g/mol. The van der Waals surface area contributed by atoms with Gasteiger partial charge in [0.05, 0.1) is 21.3 Å². The molecule has 6 nitrogen and oxygen atoms in total. The molecule has 0 fully saturated rings. The molecule has 0 radical (unpaired) electrons. The van der Waals surface area contributed by atoms with Gasteiger partial charge < -0.3 is 10.1 Å². The van der Waals surface area contributed by atoms with E-state index in [-0.39, 0.29) is 17.9 Å². The molecule has 35 heavy (non-hydrogen) atoms. The van der Waals surface area contributed by atoms with Crippen molar-refractivity contribution < 1.29 is 18.3 Å². The highest BCUT2D eigenvalue weighted by Crippen LogP contribution is 2.22. The van der Waals surface area contributed by atoms with Crippen molar-refractivity contribution in [3.63, 3.8) is 0 Å². The van der Waals surface area contributed by atoms with Crippen molar-refractivity contribution in [2.75, 3.05) is 11.9 Å². The minimum Gasteiger partial charge on any atom is -0.484 e. The number of hydrogen-bond acceptors (Lipinski definition) is 5. The first-order valence-corrected chi connectivity index (χ1v) is 11.5. The fraction of sp³-hybridized carbons (Fsp3) is 0.115. The highest BCUT2D eigenvalue weighted by atomic mass is 32.1. The van der Waals surface area contributed by atoms with Crippen LogP contribution in [0.1, 0.15) is 16.7 Å². The van der Waals surface area contributed by atoms with Crippen LogP contribution in [0.25, 0.3) is 22.1 Å². The third-order valence-electron chi connectivity index (χ3n) is 5.71. The molecule has 2 heterocycles. The molecule has 0 aliphatic rings. The second-order valence-corrected chi connectivity index (χ2v) is 9.04. The molecular formula is C26H19F2N3O3S. The van der Waals surface area contributed by atoms with Crippen molar-refractivity contribution in [2.24, 2.45) is 0 Å². The van der Waals surface area contributed by atoms with Gasteiger partial charge >= 0.3 is 0 Å². The van der Waals surface area contributed by atoms with Gasteiger partial charge in [-0.25, -0.2) is 18.2 Å². The van der Waals surface area contributed by atoms with Gasteiger partial charge in [-0.05, 0) is 66.9 Å². The highest BCUT2D eigenvalue weighted by Gasteiger charge is 2.14. The summed E-state index contributed by atoms with van der Waals surface area (Å²) in [6, 6.07) is 14.3. The molecule has 0 bridgehead atoms. The summed E-state index contributed by atoms with van der Waals surface area (Å²) in [5.74, 6) is -2.38. The second-order valence-electron chi connectivity index (χ2n) is 8.03. The van der Waals surface area contributed by atoms with Gasteiger partial charge in [0.15, 0.2) is 23.2 Å². The maximum absolute atomic E-state index is 13.7. The average molecular weight is 492 g/mol. The van der Waals surface area contributed by atoms with Gasteiger partial charge in [-0.3, -0.25) is 9.59 Å². The maximum atomic E-state index is 13.7. The molecule has 9 heteroatoms. The topological polar surface area (TPSA) is 72.7 Å². The fourth-order valence-corrected chi connectivity index (χ4v) is 4.69. The Bertz CT molecular complexity index is 1710. The van der Waals surface area contributed by atoms with Crippen LogP contribution in [0.15, 0.2) is 59.4 Å². The van der Waals surface area contributed by atoms with Crippen LogP contribution in [0, 0.1) is 25.5 Å². The summed E-state index contributed by atoms with van der Waals surface area (Å²) in [7, 11) is 0. The molecule has 0 saturated heterocycles. The molecular weight excluding hydrogens is 472 g/mol. The number of nitrogens with zero attached hydrogens (tertiary/aromatic N) is 2. The van der Waals surface area contributed by atoms with E-state index in [0.717, 1.165) is 33.8 Å². The van der Waals surface area contributed by atoms with Crippen LogP contribution in [-0.2, 0) is 4.79 Å². The van der Waals surface area contributed by atoms with Crippen molar-refractivity contribution in [2.45, 2.75) is 13.8 Å². The molecule has 0 aliphatic heterocycles. The Morgan fingerprint density at radius 2 is 1.89 bits per heavy atom. The number of rotatable bonds is 5. The standard InChI is InChI=1S/C26H19F2N3O3S/c1-14-6-11-20-24(15(14)2)30-26-31(20)25(33)21(35-26)12-16-7-9-17(10-8-16)34-13-22(32)29-19-5-3-4-18(27)23(19)28/h3-12H,13H2,1-2H3,(H,29,32)/b21-12+. The predicted molar refractivity (Wildman–Crippen MR) is 132 cm³/mol. The number of imidazole rings is 1. The molecule has 3 aromatic carbocycles. The molecule has 0 saturated carbocycles. The van der Waals surface area contributed by atoms with Crippen molar-refractivity contribution in [3.05, 3.63) is 97.8 Å². The molecule has 0 aliphatic carbocycles. The first kappa shape index (κ1) is 22.7. The summed E-state index contributed by atoms with van der Waals surface area (Å²) < 4.78 is 34.5. The van der Waals surface area contributed by atoms with Crippen LogP contribution in [-0.4, -0.2) is 21.9 Å². The molecule has 0 spiro atoms. The minimum atomic E-state index is -1.13. The number of ether oxygens (including phenoxy) is 1. The number of anilines is 1. The number of carbonyl (C=O) groups excluding carboxylic acids is 1. The van der Waals surface area contributed by atoms with E-state index in [1.165, 1.54) is 23.5 Å². The van der Waals surface area contributed by atoms with E-state index >= 15 is 0 Å². The number of aromatic nitrogens is 2. The lowest BCUT2D eigenvalue weighted by Crippen LogP contribution is -2.22. The first-order chi connectivity index (χ1) is 16.8. The molecule has 0 unspecified atom stereocenters. The molecule has 0 atom stereocenters. The van der Waals surface area contributed by atoms with Crippen LogP contribution in [0.2, 0.25) is 0 Å². The minimum absolute atomic E-state index is 0.127. The Labute approximate surface area is 202 Å². The summed E-state index contributed by atoms with van der Waals surface area (Å²) in [5, 5.41) is 2.27. The number of hydrogen-bond donors (Lipinski definition) is 1. The van der Waals surface area contributed by atoms with Gasteiger partial charge in [0.1, 0.15) is 5.75 Å². The summed E-state index contributed by atoms with van der Waals surface area (Å²) in [6.07, 6.45) is 1.78. The number of amides is 1. The Kier molecular flexibility index (Phi) is 5.78. The number of thiazole rings is 1. The lowest BCUT2D eigenvalue weighted by molar-refractivity contribution is -0.118. The van der Waals surface area contributed by atoms with E-state index in [4.69, 9.17) is 4.74 Å². The lowest BCUT2D eigenvalue weighted by atomic mass is 10.1. The predicted octanol–water partition coefficient (Wildman–Crippen LogP) is 4.37. The Hall–Kier alpha value is -4.11. The van der Waals surface area contributed by atoms with E-state index < -0.39 is 17.5 Å². The van der Waals surface area contributed by atoms with Gasteiger partial charge in [-0.15, -0.1) is 0 Å². The first-order valence-electron chi connectivity index (χ1n) is 10.7. The molecule has 5 rings (SSSR count). The van der Waals surface area contributed by atoms with E-state index in [1.807, 2.05) is 26.0 Å². The number of nitrogens with one attached hydrogen (secondary N) is 1. The van der Waals surface area contributed by atoms with Crippen LogP contribution >= 0.6 is 11.3 Å². The zero-order valence-electron chi connectivity index (χ0n) is 18.8. The van der Waals surface area contributed by atoms with Gasteiger partial charge in [0.25, 0.3) is 11.5 Å². The maximum Gasteiger partial charge on any atom is 0.274 e. The van der Waals surface area contributed by atoms with Gasteiger partial charge in [0.2, 0.25) is 0 Å². The third-order valence-corrected chi connectivity index (χ3v) is 6.68. The Morgan fingerprint density at radius 3 is 2.66 bits per heavy atom. The number of aryl methyl sites for hydroxylation is 2. The normalized spacial score (nSPS) is 11.9. The van der Waals surface area contributed by atoms with E-state index in [1.54, 1.807) is 34.7 Å². The van der Waals surface area contributed by atoms with Crippen LogP contribution in [0.4, 0.5) is 14.5 Å². The van der Waals surface area contributed by atoms with Crippen molar-refractivity contribution in [1.82, 2.24) is 9.38 Å². The van der Waals surface area contributed by atoms with Crippen LogP contribution in [0.5, 0.6) is 5.75 Å². The molecule has 1 N–H and O–H groups in total. The fourth-order valence-electron chi connectivity index (χ4n) is 3.71. The van der Waals surface area contributed by atoms with E-state index in [9.17, 15) is 18.4 Å².